The molecule has 0 amide bonds. The number of nitrogens with one attached hydrogen (secondary N) is 1. The highest BCUT2D eigenvalue weighted by Gasteiger charge is 2.20. The summed E-state index contributed by atoms with van der Waals surface area (Å²) >= 11 is 1.65. The number of halogens is 1. The van der Waals surface area contributed by atoms with Crippen molar-refractivity contribution in [3.05, 3.63) is 45.7 Å². The lowest BCUT2D eigenvalue weighted by atomic mass is 10.2. The van der Waals surface area contributed by atoms with E-state index in [2.05, 4.69) is 10.3 Å². The molecule has 1 aromatic carbocycles. The number of benzene rings is 1. The van der Waals surface area contributed by atoms with Crippen molar-refractivity contribution in [2.75, 3.05) is 0 Å². The van der Waals surface area contributed by atoms with Crippen LogP contribution in [0.2, 0.25) is 0 Å². The standard InChI is InChI=1S/C15H17FN2OS/c1-10-6-13(4-5-14(10)16)19-8-12-9-20-15(18-12)7-17-11-2-3-11/h4-6,9,11,17H,2-3,7-8H2,1H3. The van der Waals surface area contributed by atoms with Crippen LogP contribution in [0.25, 0.3) is 0 Å². The highest BCUT2D eigenvalue weighted by atomic mass is 32.1. The molecule has 0 atom stereocenters. The fourth-order valence-electron chi connectivity index (χ4n) is 1.88. The van der Waals surface area contributed by atoms with Gasteiger partial charge < -0.3 is 10.1 Å². The van der Waals surface area contributed by atoms with Crippen LogP contribution < -0.4 is 10.1 Å². The van der Waals surface area contributed by atoms with Crippen molar-refractivity contribution >= 4 is 11.3 Å². The van der Waals surface area contributed by atoms with Gasteiger partial charge in [-0.3, -0.25) is 0 Å². The fourth-order valence-corrected chi connectivity index (χ4v) is 2.61. The van der Waals surface area contributed by atoms with Crippen LogP contribution in [0, 0.1) is 12.7 Å². The fraction of sp³-hybridized carbons (Fsp3) is 0.400. The summed E-state index contributed by atoms with van der Waals surface area (Å²) in [5.41, 5.74) is 1.51. The van der Waals surface area contributed by atoms with E-state index in [1.807, 2.05) is 5.38 Å². The van der Waals surface area contributed by atoms with Crippen molar-refractivity contribution in [3.8, 4) is 5.75 Å². The molecule has 0 radical (unpaired) electrons. The van der Waals surface area contributed by atoms with Gasteiger partial charge in [-0.2, -0.15) is 0 Å². The van der Waals surface area contributed by atoms with Crippen molar-refractivity contribution in [1.82, 2.24) is 10.3 Å². The third-order valence-corrected chi connectivity index (χ3v) is 4.13. The molecular weight excluding hydrogens is 275 g/mol. The van der Waals surface area contributed by atoms with Crippen LogP contribution in [-0.4, -0.2) is 11.0 Å². The minimum atomic E-state index is -0.209. The number of aromatic nitrogens is 1. The van der Waals surface area contributed by atoms with E-state index in [0.717, 1.165) is 17.2 Å². The van der Waals surface area contributed by atoms with Gasteiger partial charge in [0.25, 0.3) is 0 Å². The van der Waals surface area contributed by atoms with Crippen molar-refractivity contribution in [2.45, 2.75) is 39.0 Å². The number of nitrogens with zero attached hydrogens (tertiary/aromatic N) is 1. The van der Waals surface area contributed by atoms with E-state index in [1.54, 1.807) is 30.4 Å². The zero-order chi connectivity index (χ0) is 13.9. The molecule has 5 heteroatoms. The van der Waals surface area contributed by atoms with Crippen LogP contribution in [0.15, 0.2) is 23.6 Å². The molecule has 0 saturated heterocycles. The largest absolute Gasteiger partial charge is 0.487 e. The van der Waals surface area contributed by atoms with Crippen LogP contribution >= 0.6 is 11.3 Å². The molecule has 1 fully saturated rings. The Labute approximate surface area is 121 Å². The van der Waals surface area contributed by atoms with Gasteiger partial charge in [0.2, 0.25) is 0 Å². The van der Waals surface area contributed by atoms with E-state index < -0.39 is 0 Å². The molecule has 2 aromatic rings. The Morgan fingerprint density at radius 1 is 1.45 bits per heavy atom. The Morgan fingerprint density at radius 2 is 2.30 bits per heavy atom. The normalized spacial score (nSPS) is 14.5. The maximum Gasteiger partial charge on any atom is 0.131 e. The molecule has 0 bridgehead atoms. The molecule has 1 N–H and O–H groups in total. The van der Waals surface area contributed by atoms with E-state index in [0.29, 0.717) is 24.0 Å². The van der Waals surface area contributed by atoms with Crippen molar-refractivity contribution in [2.24, 2.45) is 0 Å². The molecule has 20 heavy (non-hydrogen) atoms. The number of hydrogen-bond donors (Lipinski definition) is 1. The van der Waals surface area contributed by atoms with Gasteiger partial charge in [-0.25, -0.2) is 9.37 Å². The van der Waals surface area contributed by atoms with Crippen LogP contribution in [0.4, 0.5) is 4.39 Å². The van der Waals surface area contributed by atoms with Crippen molar-refractivity contribution in [3.63, 3.8) is 0 Å². The molecule has 0 unspecified atom stereocenters. The highest BCUT2D eigenvalue weighted by molar-refractivity contribution is 7.09. The first-order valence-electron chi connectivity index (χ1n) is 6.76. The molecule has 1 saturated carbocycles. The Hall–Kier alpha value is -1.46. The Balaban J connectivity index is 1.53. The lowest BCUT2D eigenvalue weighted by molar-refractivity contribution is 0.301. The molecule has 106 valence electrons. The van der Waals surface area contributed by atoms with Crippen molar-refractivity contribution in [1.29, 1.82) is 0 Å². The summed E-state index contributed by atoms with van der Waals surface area (Å²) < 4.78 is 18.8. The number of hydrogen-bond acceptors (Lipinski definition) is 4. The zero-order valence-corrected chi connectivity index (χ0v) is 12.2. The summed E-state index contributed by atoms with van der Waals surface area (Å²) in [6.45, 7) is 2.99. The van der Waals surface area contributed by atoms with Gasteiger partial charge in [0.1, 0.15) is 23.2 Å². The molecule has 3 rings (SSSR count). The maximum atomic E-state index is 13.1. The molecule has 1 heterocycles. The average molecular weight is 292 g/mol. The summed E-state index contributed by atoms with van der Waals surface area (Å²) in [4.78, 5) is 4.52. The predicted octanol–water partition coefficient (Wildman–Crippen LogP) is 3.42. The minimum Gasteiger partial charge on any atom is -0.487 e. The molecule has 0 aliphatic heterocycles. The third-order valence-electron chi connectivity index (χ3n) is 3.23. The van der Waals surface area contributed by atoms with E-state index in [4.69, 9.17) is 4.74 Å². The van der Waals surface area contributed by atoms with Crippen LogP contribution in [0.3, 0.4) is 0 Å². The SMILES string of the molecule is Cc1cc(OCc2csc(CNC3CC3)n2)ccc1F. The number of thiazole rings is 1. The van der Waals surface area contributed by atoms with E-state index in [9.17, 15) is 4.39 Å². The summed E-state index contributed by atoms with van der Waals surface area (Å²) in [7, 11) is 0. The summed E-state index contributed by atoms with van der Waals surface area (Å²) in [5.74, 6) is 0.467. The molecule has 1 aromatic heterocycles. The quantitative estimate of drug-likeness (QED) is 0.886. The summed E-state index contributed by atoms with van der Waals surface area (Å²) in [5, 5.41) is 6.54. The Morgan fingerprint density at radius 3 is 3.05 bits per heavy atom. The first-order valence-corrected chi connectivity index (χ1v) is 7.64. The topological polar surface area (TPSA) is 34.1 Å². The Kier molecular flexibility index (Phi) is 3.98. The average Bonchev–Trinajstić information content (AvgIpc) is 3.16. The molecule has 1 aliphatic rings. The zero-order valence-electron chi connectivity index (χ0n) is 11.4. The predicted molar refractivity (Wildman–Crippen MR) is 77.4 cm³/mol. The lowest BCUT2D eigenvalue weighted by Crippen LogP contribution is -2.15. The first kappa shape index (κ1) is 13.5. The minimum absolute atomic E-state index is 0.209. The number of ether oxygens (including phenoxy) is 1. The van der Waals surface area contributed by atoms with Gasteiger partial charge in [-0.1, -0.05) is 0 Å². The smallest absolute Gasteiger partial charge is 0.131 e. The van der Waals surface area contributed by atoms with Gasteiger partial charge in [-0.05, 0) is 43.5 Å². The number of aryl methyl sites for hydroxylation is 1. The van der Waals surface area contributed by atoms with E-state index in [-0.39, 0.29) is 5.82 Å². The second-order valence-corrected chi connectivity index (χ2v) is 6.03. The van der Waals surface area contributed by atoms with Gasteiger partial charge >= 0.3 is 0 Å². The first-order chi connectivity index (χ1) is 9.70. The summed E-state index contributed by atoms with van der Waals surface area (Å²) in [6, 6.07) is 5.47. The second kappa shape index (κ2) is 5.89. The number of rotatable bonds is 6. The molecule has 0 spiro atoms. The monoisotopic (exact) mass is 292 g/mol. The van der Waals surface area contributed by atoms with Gasteiger partial charge in [0, 0.05) is 18.0 Å². The highest BCUT2D eigenvalue weighted by Crippen LogP contribution is 2.21. The third kappa shape index (κ3) is 3.55. The van der Waals surface area contributed by atoms with Gasteiger partial charge in [-0.15, -0.1) is 11.3 Å². The van der Waals surface area contributed by atoms with Crippen LogP contribution in [0.1, 0.15) is 29.1 Å². The second-order valence-electron chi connectivity index (χ2n) is 5.09. The van der Waals surface area contributed by atoms with Crippen molar-refractivity contribution < 1.29 is 9.13 Å². The Bertz CT molecular complexity index is 595. The lowest BCUT2D eigenvalue weighted by Gasteiger charge is -2.05. The molecule has 1 aliphatic carbocycles. The molecule has 3 nitrogen and oxygen atoms in total. The van der Waals surface area contributed by atoms with Gasteiger partial charge in [0.05, 0.1) is 5.69 Å². The maximum absolute atomic E-state index is 13.1. The van der Waals surface area contributed by atoms with E-state index >= 15 is 0 Å². The van der Waals surface area contributed by atoms with Crippen LogP contribution in [-0.2, 0) is 13.2 Å². The van der Waals surface area contributed by atoms with Crippen LogP contribution in [0.5, 0.6) is 5.75 Å². The summed E-state index contributed by atoms with van der Waals surface area (Å²) in [6.07, 6.45) is 2.57. The van der Waals surface area contributed by atoms with E-state index in [1.165, 1.54) is 18.9 Å². The van der Waals surface area contributed by atoms with Gasteiger partial charge in [0.15, 0.2) is 0 Å². The molecular formula is C15H17FN2OS.